The smallest absolute Gasteiger partial charge is 0.398 e. The Bertz CT molecular complexity index is 543. The van der Waals surface area contributed by atoms with Crippen LogP contribution in [0.4, 0.5) is 24.5 Å². The van der Waals surface area contributed by atoms with E-state index in [4.69, 9.17) is 5.73 Å². The molecule has 108 valence electrons. The Labute approximate surface area is 109 Å². The molecule has 19 heavy (non-hydrogen) atoms. The Morgan fingerprint density at radius 2 is 1.95 bits per heavy atom. The molecule has 0 bridgehead atoms. The van der Waals surface area contributed by atoms with Crippen molar-refractivity contribution in [2.24, 2.45) is 0 Å². The van der Waals surface area contributed by atoms with Crippen LogP contribution < -0.4 is 15.2 Å². The van der Waals surface area contributed by atoms with Crippen molar-refractivity contribution in [1.82, 2.24) is 4.72 Å². The van der Waals surface area contributed by atoms with Gasteiger partial charge in [-0.15, -0.1) is 0 Å². The van der Waals surface area contributed by atoms with Crippen LogP contribution in [-0.4, -0.2) is 21.1 Å². The second-order valence-corrected chi connectivity index (χ2v) is 5.31. The molecule has 1 aromatic carbocycles. The Hall–Kier alpha value is -1.48. The maximum Gasteiger partial charge on any atom is 0.402 e. The third-order valence-corrected chi connectivity index (χ3v) is 3.27. The number of nitrogen functional groups attached to an aromatic ring is 1. The number of hydrogen-bond donors (Lipinski definition) is 3. The predicted octanol–water partition coefficient (Wildman–Crippen LogP) is 1.64. The van der Waals surface area contributed by atoms with Crippen molar-refractivity contribution in [2.75, 3.05) is 17.0 Å². The zero-order valence-electron chi connectivity index (χ0n) is 10.1. The number of nitrogens with two attached hydrogens (primary N) is 1. The van der Waals surface area contributed by atoms with Gasteiger partial charge in [0.05, 0.1) is 5.69 Å². The summed E-state index contributed by atoms with van der Waals surface area (Å²) in [5, 5.41) is 0. The van der Waals surface area contributed by atoms with Gasteiger partial charge in [-0.05, 0) is 24.1 Å². The molecule has 0 amide bonds. The zero-order valence-corrected chi connectivity index (χ0v) is 10.9. The minimum atomic E-state index is -4.61. The number of aryl methyl sites for hydroxylation is 1. The summed E-state index contributed by atoms with van der Waals surface area (Å²) in [6.07, 6.45) is -3.94. The van der Waals surface area contributed by atoms with E-state index in [9.17, 15) is 21.6 Å². The highest BCUT2D eigenvalue weighted by Crippen LogP contribution is 2.19. The van der Waals surface area contributed by atoms with E-state index in [0.29, 0.717) is 12.1 Å². The molecule has 0 aliphatic rings. The van der Waals surface area contributed by atoms with Crippen molar-refractivity contribution < 1.29 is 21.6 Å². The zero-order chi connectivity index (χ0) is 14.7. The van der Waals surface area contributed by atoms with Crippen LogP contribution in [0, 0.1) is 0 Å². The summed E-state index contributed by atoms with van der Waals surface area (Å²) in [6.45, 7) is 0.241. The highest BCUT2D eigenvalue weighted by atomic mass is 32.2. The maximum absolute atomic E-state index is 11.9. The predicted molar refractivity (Wildman–Crippen MR) is 66.8 cm³/mol. The first-order valence-corrected chi connectivity index (χ1v) is 6.84. The van der Waals surface area contributed by atoms with Crippen molar-refractivity contribution in [1.29, 1.82) is 0 Å². The molecule has 5 nitrogen and oxygen atoms in total. The molecule has 1 rings (SSSR count). The first-order chi connectivity index (χ1) is 8.63. The summed E-state index contributed by atoms with van der Waals surface area (Å²) < 4.78 is 61.8. The van der Waals surface area contributed by atoms with E-state index in [-0.39, 0.29) is 5.69 Å². The second kappa shape index (κ2) is 5.66. The molecule has 0 fully saturated rings. The first-order valence-electron chi connectivity index (χ1n) is 5.35. The molecule has 0 saturated heterocycles. The molecule has 9 heteroatoms. The molecule has 0 aliphatic heterocycles. The van der Waals surface area contributed by atoms with E-state index in [0.717, 1.165) is 5.56 Å². The standard InChI is InChI=1S/C10H14F3N3O2S/c1-2-7-3-4-8(5-9(7)14)16-19(17,18)15-6-10(11,12)13/h3-5,15-16H,2,6,14H2,1H3. The van der Waals surface area contributed by atoms with Crippen molar-refractivity contribution in [2.45, 2.75) is 19.5 Å². The summed E-state index contributed by atoms with van der Waals surface area (Å²) in [7, 11) is -4.28. The number of alkyl halides is 3. The lowest BCUT2D eigenvalue weighted by atomic mass is 10.1. The van der Waals surface area contributed by atoms with Crippen LogP contribution in [0.25, 0.3) is 0 Å². The third-order valence-electron chi connectivity index (χ3n) is 2.24. The van der Waals surface area contributed by atoms with Crippen molar-refractivity contribution in [3.05, 3.63) is 23.8 Å². The average molecular weight is 297 g/mol. The maximum atomic E-state index is 11.9. The molecule has 1 aromatic rings. The van der Waals surface area contributed by atoms with E-state index < -0.39 is 22.9 Å². The average Bonchev–Trinajstić information content (AvgIpc) is 2.25. The highest BCUT2D eigenvalue weighted by molar-refractivity contribution is 7.90. The monoisotopic (exact) mass is 297 g/mol. The van der Waals surface area contributed by atoms with Gasteiger partial charge < -0.3 is 5.73 Å². The molecular formula is C10H14F3N3O2S. The van der Waals surface area contributed by atoms with Crippen LogP contribution in [0.15, 0.2) is 18.2 Å². The summed E-state index contributed by atoms with van der Waals surface area (Å²) in [5.41, 5.74) is 6.96. The normalized spacial score (nSPS) is 12.4. The van der Waals surface area contributed by atoms with Gasteiger partial charge in [0.2, 0.25) is 0 Å². The summed E-state index contributed by atoms with van der Waals surface area (Å²) in [4.78, 5) is 0. The second-order valence-electron chi connectivity index (χ2n) is 3.81. The van der Waals surface area contributed by atoms with Crippen LogP contribution in [0.1, 0.15) is 12.5 Å². The van der Waals surface area contributed by atoms with Gasteiger partial charge in [0.15, 0.2) is 0 Å². The van der Waals surface area contributed by atoms with Gasteiger partial charge in [0, 0.05) is 5.69 Å². The van der Waals surface area contributed by atoms with Gasteiger partial charge >= 0.3 is 6.18 Å². The molecule has 0 aromatic heterocycles. The number of hydrogen-bond acceptors (Lipinski definition) is 3. The number of nitrogens with one attached hydrogen (secondary N) is 2. The van der Waals surface area contributed by atoms with Gasteiger partial charge in [-0.25, -0.2) is 0 Å². The first kappa shape index (κ1) is 15.6. The lowest BCUT2D eigenvalue weighted by Gasteiger charge is -2.12. The largest absolute Gasteiger partial charge is 0.402 e. The van der Waals surface area contributed by atoms with Gasteiger partial charge in [0.1, 0.15) is 6.54 Å². The number of anilines is 2. The summed E-state index contributed by atoms with van der Waals surface area (Å²) in [5.74, 6) is 0. The Morgan fingerprint density at radius 3 is 2.42 bits per heavy atom. The molecular weight excluding hydrogens is 283 g/mol. The van der Waals surface area contributed by atoms with Gasteiger partial charge in [-0.2, -0.15) is 26.3 Å². The number of rotatable bonds is 5. The molecule has 0 spiro atoms. The topological polar surface area (TPSA) is 84.2 Å². The molecule has 0 heterocycles. The molecule has 4 N–H and O–H groups in total. The summed E-state index contributed by atoms with van der Waals surface area (Å²) >= 11 is 0. The molecule has 0 atom stereocenters. The van der Waals surface area contributed by atoms with Crippen LogP contribution in [0.3, 0.4) is 0 Å². The van der Waals surface area contributed by atoms with Crippen LogP contribution >= 0.6 is 0 Å². The number of benzene rings is 1. The van der Waals surface area contributed by atoms with Crippen molar-refractivity contribution in [3.8, 4) is 0 Å². The number of halogens is 3. The minimum Gasteiger partial charge on any atom is -0.398 e. The fourth-order valence-corrected chi connectivity index (χ4v) is 2.21. The van der Waals surface area contributed by atoms with Gasteiger partial charge in [0.25, 0.3) is 10.2 Å². The van der Waals surface area contributed by atoms with Crippen LogP contribution in [0.2, 0.25) is 0 Å². The van der Waals surface area contributed by atoms with Gasteiger partial charge in [-0.1, -0.05) is 13.0 Å². The van der Waals surface area contributed by atoms with Crippen LogP contribution in [0.5, 0.6) is 0 Å². The Kier molecular flexibility index (Phi) is 4.64. The van der Waals surface area contributed by atoms with E-state index in [1.807, 2.05) is 11.6 Å². The van der Waals surface area contributed by atoms with Crippen LogP contribution in [-0.2, 0) is 16.6 Å². The van der Waals surface area contributed by atoms with Crippen molar-refractivity contribution >= 4 is 21.6 Å². The van der Waals surface area contributed by atoms with Crippen molar-refractivity contribution in [3.63, 3.8) is 0 Å². The lowest BCUT2D eigenvalue weighted by molar-refractivity contribution is -0.121. The van der Waals surface area contributed by atoms with E-state index in [1.165, 1.54) is 16.9 Å². The third kappa shape index (κ3) is 5.35. The van der Waals surface area contributed by atoms with Gasteiger partial charge in [-0.3, -0.25) is 4.72 Å². The van der Waals surface area contributed by atoms with E-state index in [1.54, 1.807) is 6.07 Å². The minimum absolute atomic E-state index is 0.101. The fourth-order valence-electron chi connectivity index (χ4n) is 1.35. The SMILES string of the molecule is CCc1ccc(NS(=O)(=O)NCC(F)(F)F)cc1N. The fraction of sp³-hybridized carbons (Fsp3) is 0.400. The summed E-state index contributed by atoms with van der Waals surface area (Å²) in [6, 6.07) is 4.39. The molecule has 0 saturated carbocycles. The Balaban J connectivity index is 2.76. The van der Waals surface area contributed by atoms with E-state index in [2.05, 4.69) is 0 Å². The lowest BCUT2D eigenvalue weighted by Crippen LogP contribution is -2.37. The quantitative estimate of drug-likeness (QED) is 0.722. The van der Waals surface area contributed by atoms with E-state index >= 15 is 0 Å². The highest BCUT2D eigenvalue weighted by Gasteiger charge is 2.29. The Morgan fingerprint density at radius 1 is 1.32 bits per heavy atom. The molecule has 0 radical (unpaired) electrons. The molecule has 0 aliphatic carbocycles. The molecule has 0 unspecified atom stereocenters.